The van der Waals surface area contributed by atoms with Crippen LogP contribution in [0.15, 0.2) is 30.3 Å². The zero-order valence-corrected chi connectivity index (χ0v) is 11.7. The summed E-state index contributed by atoms with van der Waals surface area (Å²) in [5.41, 5.74) is 0.686. The number of hydrogen-bond acceptors (Lipinski definition) is 2. The van der Waals surface area contributed by atoms with Gasteiger partial charge in [-0.25, -0.2) is 8.78 Å². The standard InChI is InChI=1S/C15H17F2NS/c1-2-14-3-4-15(19-14)10-18-6-5-11-7-12(16)9-13(17)8-11/h3-4,7-9,18H,2,5-6,10H2,1H3. The van der Waals surface area contributed by atoms with Gasteiger partial charge in [-0.05, 0) is 49.2 Å². The molecule has 2 rings (SSSR count). The molecule has 0 fully saturated rings. The largest absolute Gasteiger partial charge is 0.312 e. The maximum Gasteiger partial charge on any atom is 0.126 e. The molecule has 1 aromatic heterocycles. The molecule has 1 N–H and O–H groups in total. The van der Waals surface area contributed by atoms with Crippen molar-refractivity contribution in [1.82, 2.24) is 5.32 Å². The Balaban J connectivity index is 1.77. The highest BCUT2D eigenvalue weighted by molar-refractivity contribution is 7.11. The van der Waals surface area contributed by atoms with Crippen LogP contribution in [-0.2, 0) is 19.4 Å². The summed E-state index contributed by atoms with van der Waals surface area (Å²) in [6, 6.07) is 7.92. The second kappa shape index (κ2) is 6.78. The van der Waals surface area contributed by atoms with Gasteiger partial charge in [-0.1, -0.05) is 6.92 Å². The van der Waals surface area contributed by atoms with Crippen molar-refractivity contribution in [3.8, 4) is 0 Å². The van der Waals surface area contributed by atoms with E-state index in [0.29, 0.717) is 18.5 Å². The van der Waals surface area contributed by atoms with Crippen LogP contribution in [0.3, 0.4) is 0 Å². The lowest BCUT2D eigenvalue weighted by Crippen LogP contribution is -2.16. The van der Waals surface area contributed by atoms with Crippen molar-refractivity contribution < 1.29 is 8.78 Å². The Kier molecular flexibility index (Phi) is 5.05. The molecular formula is C15H17F2NS. The number of aryl methyl sites for hydroxylation is 1. The molecule has 0 saturated carbocycles. The first-order valence-corrected chi connectivity index (χ1v) is 7.22. The van der Waals surface area contributed by atoms with Crippen molar-refractivity contribution in [2.75, 3.05) is 6.54 Å². The minimum Gasteiger partial charge on any atom is -0.312 e. The van der Waals surface area contributed by atoms with Crippen molar-refractivity contribution in [2.45, 2.75) is 26.3 Å². The fourth-order valence-electron chi connectivity index (χ4n) is 1.91. The van der Waals surface area contributed by atoms with Crippen LogP contribution in [0.25, 0.3) is 0 Å². The summed E-state index contributed by atoms with van der Waals surface area (Å²) in [5.74, 6) is -1.03. The van der Waals surface area contributed by atoms with Gasteiger partial charge in [0, 0.05) is 22.4 Å². The molecule has 4 heteroatoms. The Bertz CT molecular complexity index is 516. The highest BCUT2D eigenvalue weighted by Gasteiger charge is 2.01. The molecule has 0 aliphatic heterocycles. The zero-order valence-electron chi connectivity index (χ0n) is 10.9. The summed E-state index contributed by atoms with van der Waals surface area (Å²) >= 11 is 1.80. The zero-order chi connectivity index (χ0) is 13.7. The molecule has 0 radical (unpaired) electrons. The summed E-state index contributed by atoms with van der Waals surface area (Å²) in [5, 5.41) is 3.29. The van der Waals surface area contributed by atoms with E-state index >= 15 is 0 Å². The van der Waals surface area contributed by atoms with Crippen LogP contribution in [0, 0.1) is 11.6 Å². The minimum atomic E-state index is -0.513. The van der Waals surface area contributed by atoms with Gasteiger partial charge >= 0.3 is 0 Å². The van der Waals surface area contributed by atoms with Gasteiger partial charge in [0.15, 0.2) is 0 Å². The third-order valence-corrected chi connectivity index (χ3v) is 4.11. The smallest absolute Gasteiger partial charge is 0.126 e. The maximum atomic E-state index is 13.0. The normalized spacial score (nSPS) is 10.9. The second-order valence-electron chi connectivity index (χ2n) is 4.43. The molecule has 1 nitrogen and oxygen atoms in total. The lowest BCUT2D eigenvalue weighted by Gasteiger charge is -2.04. The van der Waals surface area contributed by atoms with Gasteiger partial charge in [0.25, 0.3) is 0 Å². The van der Waals surface area contributed by atoms with E-state index in [1.807, 2.05) is 0 Å². The molecule has 0 aliphatic carbocycles. The number of nitrogens with one attached hydrogen (secondary N) is 1. The van der Waals surface area contributed by atoms with Crippen molar-refractivity contribution in [2.24, 2.45) is 0 Å². The third kappa shape index (κ3) is 4.40. The van der Waals surface area contributed by atoms with Crippen LogP contribution >= 0.6 is 11.3 Å². The summed E-state index contributed by atoms with van der Waals surface area (Å²) < 4.78 is 26.0. The Morgan fingerprint density at radius 3 is 2.37 bits per heavy atom. The molecule has 0 unspecified atom stereocenters. The van der Waals surface area contributed by atoms with Crippen LogP contribution in [0.2, 0.25) is 0 Å². The highest BCUT2D eigenvalue weighted by atomic mass is 32.1. The summed E-state index contributed by atoms with van der Waals surface area (Å²) in [6.45, 7) is 3.66. The average Bonchev–Trinajstić information content (AvgIpc) is 2.81. The predicted molar refractivity (Wildman–Crippen MR) is 75.5 cm³/mol. The Morgan fingerprint density at radius 1 is 1.05 bits per heavy atom. The molecule has 0 saturated heterocycles. The molecule has 0 bridgehead atoms. The van der Waals surface area contributed by atoms with Crippen LogP contribution in [0.4, 0.5) is 8.78 Å². The van der Waals surface area contributed by atoms with Gasteiger partial charge in [-0.15, -0.1) is 11.3 Å². The van der Waals surface area contributed by atoms with E-state index in [9.17, 15) is 8.78 Å². The van der Waals surface area contributed by atoms with Crippen molar-refractivity contribution in [3.05, 3.63) is 57.3 Å². The van der Waals surface area contributed by atoms with Crippen LogP contribution in [-0.4, -0.2) is 6.54 Å². The fraction of sp³-hybridized carbons (Fsp3) is 0.333. The lowest BCUT2D eigenvalue weighted by atomic mass is 10.1. The van der Waals surface area contributed by atoms with Crippen molar-refractivity contribution in [1.29, 1.82) is 0 Å². The van der Waals surface area contributed by atoms with Crippen molar-refractivity contribution >= 4 is 11.3 Å². The molecule has 0 amide bonds. The molecule has 0 atom stereocenters. The maximum absolute atomic E-state index is 13.0. The predicted octanol–water partition coefficient (Wildman–Crippen LogP) is 3.92. The van der Waals surface area contributed by atoms with E-state index in [-0.39, 0.29) is 0 Å². The van der Waals surface area contributed by atoms with Gasteiger partial charge in [0.2, 0.25) is 0 Å². The van der Waals surface area contributed by atoms with Crippen LogP contribution in [0.5, 0.6) is 0 Å². The van der Waals surface area contributed by atoms with E-state index in [1.54, 1.807) is 11.3 Å². The van der Waals surface area contributed by atoms with Gasteiger partial charge in [0.1, 0.15) is 11.6 Å². The molecule has 0 aliphatic rings. The number of halogens is 2. The number of benzene rings is 1. The fourth-order valence-corrected chi connectivity index (χ4v) is 2.83. The average molecular weight is 281 g/mol. The van der Waals surface area contributed by atoms with Gasteiger partial charge in [-0.3, -0.25) is 0 Å². The summed E-state index contributed by atoms with van der Waals surface area (Å²) in [6.07, 6.45) is 1.69. The molecule has 19 heavy (non-hydrogen) atoms. The van der Waals surface area contributed by atoms with Crippen molar-refractivity contribution in [3.63, 3.8) is 0 Å². The first-order valence-electron chi connectivity index (χ1n) is 6.40. The molecule has 102 valence electrons. The van der Waals surface area contributed by atoms with Crippen LogP contribution in [0.1, 0.15) is 22.2 Å². The minimum absolute atomic E-state index is 0.513. The molecule has 2 aromatic rings. The topological polar surface area (TPSA) is 12.0 Å². The number of rotatable bonds is 6. The third-order valence-electron chi connectivity index (χ3n) is 2.88. The molecule has 0 spiro atoms. The quantitative estimate of drug-likeness (QED) is 0.791. The monoisotopic (exact) mass is 281 g/mol. The Morgan fingerprint density at radius 2 is 1.74 bits per heavy atom. The molecule has 1 heterocycles. The number of hydrogen-bond donors (Lipinski definition) is 1. The van der Waals surface area contributed by atoms with E-state index in [2.05, 4.69) is 24.4 Å². The van der Waals surface area contributed by atoms with E-state index in [4.69, 9.17) is 0 Å². The Labute approximate surface area is 116 Å². The second-order valence-corrected chi connectivity index (χ2v) is 5.68. The van der Waals surface area contributed by atoms with Gasteiger partial charge < -0.3 is 5.32 Å². The first-order chi connectivity index (χ1) is 9.17. The van der Waals surface area contributed by atoms with Crippen LogP contribution < -0.4 is 5.32 Å². The van der Waals surface area contributed by atoms with Gasteiger partial charge in [-0.2, -0.15) is 0 Å². The number of thiophene rings is 1. The van der Waals surface area contributed by atoms with E-state index in [1.165, 1.54) is 21.9 Å². The first kappa shape index (κ1) is 14.2. The van der Waals surface area contributed by atoms with Gasteiger partial charge in [0.05, 0.1) is 0 Å². The van der Waals surface area contributed by atoms with E-state index < -0.39 is 11.6 Å². The SMILES string of the molecule is CCc1ccc(CNCCc2cc(F)cc(F)c2)s1. The summed E-state index contributed by atoms with van der Waals surface area (Å²) in [7, 11) is 0. The summed E-state index contributed by atoms with van der Waals surface area (Å²) in [4.78, 5) is 2.67. The Hall–Kier alpha value is -1.26. The van der Waals surface area contributed by atoms with E-state index in [0.717, 1.165) is 19.0 Å². The lowest BCUT2D eigenvalue weighted by molar-refractivity contribution is 0.577. The molecular weight excluding hydrogens is 264 g/mol. The highest BCUT2D eigenvalue weighted by Crippen LogP contribution is 2.16. The molecule has 1 aromatic carbocycles.